The van der Waals surface area contributed by atoms with Crippen LogP contribution in [0, 0.1) is 6.92 Å². The second-order valence-corrected chi connectivity index (χ2v) is 5.39. The van der Waals surface area contributed by atoms with Gasteiger partial charge in [-0.3, -0.25) is 0 Å². The molecule has 1 heterocycles. The Kier molecular flexibility index (Phi) is 5.14. The summed E-state index contributed by atoms with van der Waals surface area (Å²) in [4.78, 5) is 16.5. The topological polar surface area (TPSA) is 51.2 Å². The summed E-state index contributed by atoms with van der Waals surface area (Å²) in [6.07, 6.45) is 3.10. The molecule has 1 aromatic rings. The van der Waals surface area contributed by atoms with Gasteiger partial charge in [0.1, 0.15) is 4.88 Å². The fourth-order valence-corrected chi connectivity index (χ4v) is 2.98. The van der Waals surface area contributed by atoms with Crippen molar-refractivity contribution < 1.29 is 9.53 Å². The maximum absolute atomic E-state index is 11.5. The number of hydrogen-bond donors (Lipinski definition) is 1. The van der Waals surface area contributed by atoms with E-state index in [2.05, 4.69) is 31.1 Å². The number of ether oxygens (including phenoxy) is 1. The number of methoxy groups -OCH3 is 1. The maximum Gasteiger partial charge on any atom is 0.350 e. The van der Waals surface area contributed by atoms with Crippen molar-refractivity contribution in [1.82, 2.24) is 4.98 Å². The predicted molar refractivity (Wildman–Crippen MR) is 75.4 cm³/mol. The molecule has 102 valence electrons. The highest BCUT2D eigenvalue weighted by Crippen LogP contribution is 2.30. The quantitative estimate of drug-likeness (QED) is 0.802. The summed E-state index contributed by atoms with van der Waals surface area (Å²) in [6, 6.07) is 0. The van der Waals surface area contributed by atoms with Crippen LogP contribution >= 0.6 is 11.3 Å². The van der Waals surface area contributed by atoms with E-state index in [1.165, 1.54) is 18.4 Å². The highest BCUT2D eigenvalue weighted by Gasteiger charge is 2.26. The first-order valence-electron chi connectivity index (χ1n) is 6.35. The molecule has 0 saturated carbocycles. The van der Waals surface area contributed by atoms with Crippen LogP contribution in [0.2, 0.25) is 0 Å². The molecule has 0 spiro atoms. The van der Waals surface area contributed by atoms with Gasteiger partial charge in [-0.05, 0) is 26.2 Å². The van der Waals surface area contributed by atoms with Gasteiger partial charge in [0.15, 0.2) is 5.13 Å². The molecule has 0 aliphatic heterocycles. The zero-order valence-electron chi connectivity index (χ0n) is 11.8. The summed E-state index contributed by atoms with van der Waals surface area (Å²) >= 11 is 1.37. The number of carbonyl (C=O) groups is 1. The van der Waals surface area contributed by atoms with E-state index in [1.54, 1.807) is 0 Å². The van der Waals surface area contributed by atoms with Crippen LogP contribution in [0.1, 0.15) is 55.4 Å². The highest BCUT2D eigenvalue weighted by molar-refractivity contribution is 7.17. The van der Waals surface area contributed by atoms with Gasteiger partial charge in [0.2, 0.25) is 0 Å². The third kappa shape index (κ3) is 3.02. The smallest absolute Gasteiger partial charge is 0.350 e. The summed E-state index contributed by atoms with van der Waals surface area (Å²) in [5, 5.41) is 4.29. The SMILES string of the molecule is CCC(CC)(CC)Nc1nc(C)c(C(=O)OC)s1. The number of nitrogens with zero attached hydrogens (tertiary/aromatic N) is 1. The van der Waals surface area contributed by atoms with Gasteiger partial charge in [0.05, 0.1) is 12.8 Å². The molecule has 0 unspecified atom stereocenters. The lowest BCUT2D eigenvalue weighted by Crippen LogP contribution is -2.36. The Balaban J connectivity index is 2.95. The largest absolute Gasteiger partial charge is 0.465 e. The molecule has 0 fully saturated rings. The third-order valence-electron chi connectivity index (χ3n) is 3.57. The monoisotopic (exact) mass is 270 g/mol. The Bertz CT molecular complexity index is 403. The molecule has 0 aliphatic carbocycles. The van der Waals surface area contributed by atoms with Gasteiger partial charge in [0.25, 0.3) is 0 Å². The molecule has 1 aromatic heterocycles. The number of aromatic nitrogens is 1. The Morgan fingerprint density at radius 1 is 1.33 bits per heavy atom. The molecular formula is C13H22N2O2S. The highest BCUT2D eigenvalue weighted by atomic mass is 32.1. The van der Waals surface area contributed by atoms with Crippen molar-refractivity contribution in [2.75, 3.05) is 12.4 Å². The molecule has 0 bridgehead atoms. The Labute approximate surface area is 113 Å². The van der Waals surface area contributed by atoms with E-state index in [4.69, 9.17) is 4.74 Å². The molecule has 18 heavy (non-hydrogen) atoms. The van der Waals surface area contributed by atoms with Crippen molar-refractivity contribution in [2.45, 2.75) is 52.5 Å². The van der Waals surface area contributed by atoms with E-state index in [1.807, 2.05) is 6.92 Å². The first kappa shape index (κ1) is 15.0. The zero-order valence-corrected chi connectivity index (χ0v) is 12.6. The molecule has 4 nitrogen and oxygen atoms in total. The number of hydrogen-bond acceptors (Lipinski definition) is 5. The van der Waals surface area contributed by atoms with Gasteiger partial charge in [-0.1, -0.05) is 32.1 Å². The van der Waals surface area contributed by atoms with E-state index in [0.29, 0.717) is 4.88 Å². The average molecular weight is 270 g/mol. The summed E-state index contributed by atoms with van der Waals surface area (Å²) in [6.45, 7) is 8.34. The number of thiazole rings is 1. The zero-order chi connectivity index (χ0) is 13.8. The van der Waals surface area contributed by atoms with Crippen LogP contribution in [-0.4, -0.2) is 23.6 Å². The van der Waals surface area contributed by atoms with Crippen LogP contribution in [0.25, 0.3) is 0 Å². The number of esters is 1. The van der Waals surface area contributed by atoms with Gasteiger partial charge < -0.3 is 10.1 Å². The van der Waals surface area contributed by atoms with E-state index in [-0.39, 0.29) is 11.5 Å². The fourth-order valence-electron chi connectivity index (χ4n) is 1.97. The number of nitrogens with one attached hydrogen (secondary N) is 1. The molecule has 0 radical (unpaired) electrons. The molecule has 0 atom stereocenters. The summed E-state index contributed by atoms with van der Waals surface area (Å²) in [5.41, 5.74) is 0.795. The third-order valence-corrected chi connectivity index (χ3v) is 4.62. The Hall–Kier alpha value is -1.10. The maximum atomic E-state index is 11.5. The lowest BCUT2D eigenvalue weighted by atomic mass is 9.90. The molecule has 1 rings (SSSR count). The van der Waals surface area contributed by atoms with Gasteiger partial charge in [-0.15, -0.1) is 0 Å². The normalized spacial score (nSPS) is 11.4. The molecule has 1 N–H and O–H groups in total. The van der Waals surface area contributed by atoms with Gasteiger partial charge in [-0.2, -0.15) is 0 Å². The fraction of sp³-hybridized carbons (Fsp3) is 0.692. The average Bonchev–Trinajstić information content (AvgIpc) is 2.76. The molecular weight excluding hydrogens is 248 g/mol. The van der Waals surface area contributed by atoms with E-state index in [9.17, 15) is 4.79 Å². The minimum atomic E-state index is -0.312. The Morgan fingerprint density at radius 3 is 2.33 bits per heavy atom. The van der Waals surface area contributed by atoms with E-state index in [0.717, 1.165) is 30.1 Å². The van der Waals surface area contributed by atoms with E-state index < -0.39 is 0 Å². The van der Waals surface area contributed by atoms with Crippen LogP contribution in [0.3, 0.4) is 0 Å². The van der Waals surface area contributed by atoms with Crippen LogP contribution in [0.15, 0.2) is 0 Å². The number of aryl methyl sites for hydroxylation is 1. The Morgan fingerprint density at radius 2 is 1.89 bits per heavy atom. The van der Waals surface area contributed by atoms with Gasteiger partial charge >= 0.3 is 5.97 Å². The molecule has 0 aliphatic rings. The van der Waals surface area contributed by atoms with Gasteiger partial charge in [-0.25, -0.2) is 9.78 Å². The standard InChI is InChI=1S/C13H22N2O2S/c1-6-13(7-2,8-3)15-12-14-9(4)10(18-12)11(16)17-5/h6-8H2,1-5H3,(H,14,15). The van der Waals surface area contributed by atoms with Crippen LogP contribution in [-0.2, 0) is 4.74 Å². The molecule has 0 amide bonds. The van der Waals surface area contributed by atoms with Crippen LogP contribution < -0.4 is 5.32 Å². The van der Waals surface area contributed by atoms with Crippen LogP contribution in [0.5, 0.6) is 0 Å². The second-order valence-electron chi connectivity index (χ2n) is 4.39. The minimum absolute atomic E-state index is 0.0671. The number of carbonyl (C=O) groups excluding carboxylic acids is 1. The van der Waals surface area contributed by atoms with Crippen molar-refractivity contribution in [3.05, 3.63) is 10.6 Å². The van der Waals surface area contributed by atoms with Gasteiger partial charge in [0, 0.05) is 5.54 Å². The first-order valence-corrected chi connectivity index (χ1v) is 7.17. The second kappa shape index (κ2) is 6.18. The van der Waals surface area contributed by atoms with Crippen LogP contribution in [0.4, 0.5) is 5.13 Å². The first-order chi connectivity index (χ1) is 8.51. The number of rotatable bonds is 6. The summed E-state index contributed by atoms with van der Waals surface area (Å²) in [5.74, 6) is -0.312. The lowest BCUT2D eigenvalue weighted by molar-refractivity contribution is 0.0605. The molecule has 5 heteroatoms. The summed E-state index contributed by atoms with van der Waals surface area (Å²) < 4.78 is 4.74. The molecule has 0 aromatic carbocycles. The van der Waals surface area contributed by atoms with Crippen molar-refractivity contribution in [3.63, 3.8) is 0 Å². The van der Waals surface area contributed by atoms with Crippen molar-refractivity contribution in [3.8, 4) is 0 Å². The lowest BCUT2D eigenvalue weighted by Gasteiger charge is -2.31. The number of anilines is 1. The van der Waals surface area contributed by atoms with Crippen molar-refractivity contribution in [1.29, 1.82) is 0 Å². The predicted octanol–water partition coefficient (Wildman–Crippen LogP) is 3.62. The van der Waals surface area contributed by atoms with Crippen molar-refractivity contribution in [2.24, 2.45) is 0 Å². The van der Waals surface area contributed by atoms with Crippen molar-refractivity contribution >= 4 is 22.4 Å². The minimum Gasteiger partial charge on any atom is -0.465 e. The van der Waals surface area contributed by atoms with E-state index >= 15 is 0 Å². The molecule has 0 saturated heterocycles. The summed E-state index contributed by atoms with van der Waals surface area (Å²) in [7, 11) is 1.39.